The fourth-order valence-electron chi connectivity index (χ4n) is 13.0. The molecule has 0 radical (unpaired) electrons. The van der Waals surface area contributed by atoms with Gasteiger partial charge in [-0.15, -0.1) is 39.5 Å². The maximum atomic E-state index is 12.8. The number of ether oxygens (including phenoxy) is 12. The summed E-state index contributed by atoms with van der Waals surface area (Å²) in [7, 11) is 10.3. The van der Waals surface area contributed by atoms with E-state index in [1.807, 2.05) is 86.5 Å². The van der Waals surface area contributed by atoms with Gasteiger partial charge in [-0.1, -0.05) is 121 Å². The second-order valence-electron chi connectivity index (χ2n) is 32.5. The number of hydrogen-bond acceptors (Lipinski definition) is 24. The van der Waals surface area contributed by atoms with Crippen LogP contribution in [0.1, 0.15) is 122 Å². The number of alkyl halides is 14. The number of halogens is 14. The number of carboxylic acid groups (broad SMARTS) is 4. The van der Waals surface area contributed by atoms with Crippen LogP contribution >= 0.6 is 0 Å². The second kappa shape index (κ2) is 63.5. The molecule has 0 aromatic heterocycles. The summed E-state index contributed by atoms with van der Waals surface area (Å²) in [5, 5.41) is 35.0. The summed E-state index contributed by atoms with van der Waals surface area (Å²) in [6.07, 6.45) is -14.4. The average Bonchev–Trinajstić information content (AvgIpc) is 0.859. The Morgan fingerprint density at radius 1 is 0.310 bits per heavy atom. The molecular formula is C100H118F14N4O24. The van der Waals surface area contributed by atoms with E-state index in [0.717, 1.165) is 32.7 Å². The van der Waals surface area contributed by atoms with Crippen LogP contribution in [0.2, 0.25) is 0 Å². The molecule has 780 valence electrons. The molecule has 0 fully saturated rings. The second-order valence-corrected chi connectivity index (χ2v) is 32.5. The molecule has 4 N–H and O–H groups in total. The predicted molar refractivity (Wildman–Crippen MR) is 490 cm³/mol. The number of benzene rings is 8. The topological polar surface area (TPSA) is 341 Å². The summed E-state index contributed by atoms with van der Waals surface area (Å²) in [4.78, 5) is 96.9. The van der Waals surface area contributed by atoms with Crippen molar-refractivity contribution in [1.29, 1.82) is 0 Å². The summed E-state index contributed by atoms with van der Waals surface area (Å²) >= 11 is 0. The third-order valence-corrected chi connectivity index (χ3v) is 20.2. The first-order valence-corrected chi connectivity index (χ1v) is 44.8. The molecular weight excluding hydrogens is 1910 g/mol. The normalized spacial score (nSPS) is 12.2. The zero-order chi connectivity index (χ0) is 105. The zero-order valence-corrected chi connectivity index (χ0v) is 79.0. The van der Waals surface area contributed by atoms with Crippen LogP contribution < -0.4 is 37.9 Å². The first-order chi connectivity index (χ1) is 67.2. The molecule has 42 heteroatoms. The number of rotatable bonds is 59. The SMILES string of the molecule is CN(C)CCC(COc1ccccc1CCc1cccc(OC(F)(F)F)c1)OC(=O)CCC(=O)O.CN(C)CCC(COc1ccccc1CCc1cccc(OC(F)F)c1)OC(=O)CCC(=O)O.CN(CCC(COc1ccccc1CCc1cccc(OC(F)(F)F)c1)OC(=O)CCC(=O)O)C(F)F.CN(CF)CCC(COc1ccccc1CCc1cccc(OC(F)(F)F)c1)OC(=O)CCC(=O)O. The van der Waals surface area contributed by atoms with Gasteiger partial charge in [0, 0.05) is 51.9 Å². The Kier molecular flexibility index (Phi) is 53.4. The number of nitrogens with zero attached hydrogens (tertiary/aromatic N) is 4. The molecule has 0 spiro atoms. The van der Waals surface area contributed by atoms with Crippen LogP contribution in [0.25, 0.3) is 0 Å². The Labute approximate surface area is 812 Å². The molecule has 4 unspecified atom stereocenters. The largest absolute Gasteiger partial charge is 0.573 e. The summed E-state index contributed by atoms with van der Waals surface area (Å²) in [5.74, 6) is -5.71. The van der Waals surface area contributed by atoms with Crippen LogP contribution in [0, 0.1) is 0 Å². The molecule has 0 aliphatic heterocycles. The van der Waals surface area contributed by atoms with E-state index in [9.17, 15) is 99.8 Å². The van der Waals surface area contributed by atoms with Crippen LogP contribution in [0.15, 0.2) is 194 Å². The molecule has 142 heavy (non-hydrogen) atoms. The van der Waals surface area contributed by atoms with Gasteiger partial charge in [0.1, 0.15) is 104 Å². The smallest absolute Gasteiger partial charge is 0.489 e. The average molecular weight is 2030 g/mol. The van der Waals surface area contributed by atoms with Gasteiger partial charge in [0.2, 0.25) is 0 Å². The van der Waals surface area contributed by atoms with E-state index in [-0.39, 0.29) is 120 Å². The van der Waals surface area contributed by atoms with Crippen LogP contribution in [-0.2, 0) is 109 Å². The number of aryl methyl sites for hydroxylation is 8. The van der Waals surface area contributed by atoms with E-state index in [1.165, 1.54) is 72.6 Å². The summed E-state index contributed by atoms with van der Waals surface area (Å²) in [6, 6.07) is 52.5. The van der Waals surface area contributed by atoms with Crippen LogP contribution in [-0.4, -0.2) is 246 Å². The van der Waals surface area contributed by atoms with E-state index in [1.54, 1.807) is 92.0 Å². The molecule has 8 aromatic carbocycles. The van der Waals surface area contributed by atoms with E-state index in [0.29, 0.717) is 117 Å². The van der Waals surface area contributed by atoms with E-state index < -0.39 is 118 Å². The first-order valence-electron chi connectivity index (χ1n) is 44.8. The van der Waals surface area contributed by atoms with Crippen LogP contribution in [0.5, 0.6) is 46.0 Å². The van der Waals surface area contributed by atoms with Crippen molar-refractivity contribution in [1.82, 2.24) is 19.6 Å². The van der Waals surface area contributed by atoms with Crippen molar-refractivity contribution in [3.63, 3.8) is 0 Å². The third kappa shape index (κ3) is 54.5. The highest BCUT2D eigenvalue weighted by Gasteiger charge is 2.34. The minimum atomic E-state index is -4.79. The summed E-state index contributed by atoms with van der Waals surface area (Å²) < 4.78 is 237. The molecule has 8 aromatic rings. The number of hydrogen-bond donors (Lipinski definition) is 4. The fraction of sp³-hybridized carbons (Fsp3) is 0.440. The van der Waals surface area contributed by atoms with Crippen molar-refractivity contribution >= 4 is 47.8 Å². The van der Waals surface area contributed by atoms with Gasteiger partial charge in [0.15, 0.2) is 0 Å². The van der Waals surface area contributed by atoms with Crippen molar-refractivity contribution in [3.05, 3.63) is 239 Å². The maximum Gasteiger partial charge on any atom is 0.573 e. The molecule has 8 rings (SSSR count). The lowest BCUT2D eigenvalue weighted by Crippen LogP contribution is -2.32. The van der Waals surface area contributed by atoms with Gasteiger partial charge in [0.25, 0.3) is 6.55 Å². The van der Waals surface area contributed by atoms with Gasteiger partial charge in [-0.25, -0.2) is 4.39 Å². The van der Waals surface area contributed by atoms with Crippen molar-refractivity contribution < 1.29 is 177 Å². The summed E-state index contributed by atoms with van der Waals surface area (Å²) in [5.41, 5.74) is 6.07. The lowest BCUT2D eigenvalue weighted by Gasteiger charge is -2.22. The summed E-state index contributed by atoms with van der Waals surface area (Å²) in [6.45, 7) is -4.76. The van der Waals surface area contributed by atoms with Gasteiger partial charge < -0.3 is 87.1 Å². The Morgan fingerprint density at radius 2 is 0.556 bits per heavy atom. The molecule has 0 heterocycles. The highest BCUT2D eigenvalue weighted by Crippen LogP contribution is 2.32. The molecule has 0 saturated carbocycles. The van der Waals surface area contributed by atoms with E-state index >= 15 is 0 Å². The van der Waals surface area contributed by atoms with Gasteiger partial charge in [-0.05, 0) is 211 Å². The number of esters is 4. The third-order valence-electron chi connectivity index (χ3n) is 20.2. The zero-order valence-electron chi connectivity index (χ0n) is 79.0. The van der Waals surface area contributed by atoms with Crippen LogP contribution in [0.4, 0.5) is 61.5 Å². The quantitative estimate of drug-likeness (QED) is 0.0119. The Hall–Kier alpha value is -13.2. The molecule has 0 saturated heterocycles. The Balaban J connectivity index is 0.000000334. The minimum absolute atomic E-state index is 0.0216. The lowest BCUT2D eigenvalue weighted by molar-refractivity contribution is -0.275. The van der Waals surface area contributed by atoms with Crippen LogP contribution in [0.3, 0.4) is 0 Å². The molecule has 0 aliphatic rings. The number of para-hydroxylation sites is 4. The number of carboxylic acids is 4. The monoisotopic (exact) mass is 2020 g/mol. The number of carbonyl (C=O) groups excluding carboxylic acids is 4. The molecule has 4 atom stereocenters. The van der Waals surface area contributed by atoms with Gasteiger partial charge in [0.05, 0.1) is 51.4 Å². The standard InChI is InChI=1S/C25H28F5NO6.C25H29F4NO6.C25H30F3NO6.C25H31F2NO6/c1-31(24(26)27)14-13-20(36-23(34)12-11-22(32)33)16-35-21-8-3-2-6-18(21)10-9-17-5-4-7-19(15-17)37-25(28,29)30;1-30(17-26)14-13-21(35-24(33)12-11-23(31)32)16-34-22-8-3-2-6-19(22)10-9-18-5-4-7-20(15-18)36-25(27,28)29;1-29(2)15-14-21(34-24(32)13-12-23(30)31)17-33-22-9-4-3-7-19(22)11-10-18-6-5-8-20(16-18)35-25(26,27)28;1-28(2)15-14-21(33-24(31)13-12-23(29)30)17-32-22-9-4-3-7-19(22)11-10-18-6-5-8-20(16-18)34-25(26)27/h2-8,15,20,24H,9-14,16H2,1H3,(H,32,33);2-8,15,21H,9-14,16-17H2,1H3,(H,31,32);3-9,16,21H,10-15,17H2,1-2H3,(H,30,31);3-9,16,21,25H,10-15,17H2,1-2H3,(H,29,30). The van der Waals surface area contributed by atoms with Crippen molar-refractivity contribution in [2.75, 3.05) is 102 Å². The van der Waals surface area contributed by atoms with E-state index in [4.69, 9.17) is 58.3 Å². The molecule has 0 bridgehead atoms. The molecule has 0 aliphatic carbocycles. The van der Waals surface area contributed by atoms with Crippen molar-refractivity contribution in [2.45, 2.75) is 185 Å². The van der Waals surface area contributed by atoms with Crippen molar-refractivity contribution in [3.8, 4) is 46.0 Å². The van der Waals surface area contributed by atoms with Gasteiger partial charge in [-0.2, -0.15) is 17.6 Å². The number of aliphatic carboxylic acids is 4. The predicted octanol–water partition coefficient (Wildman–Crippen LogP) is 18.5. The first kappa shape index (κ1) is 119. The lowest BCUT2D eigenvalue weighted by atomic mass is 10.0. The Bertz CT molecular complexity index is 5130. The molecule has 0 amide bonds. The van der Waals surface area contributed by atoms with Crippen molar-refractivity contribution in [2.24, 2.45) is 0 Å². The maximum absolute atomic E-state index is 12.8. The fourth-order valence-corrected chi connectivity index (χ4v) is 13.0. The van der Waals surface area contributed by atoms with E-state index in [2.05, 4.69) is 18.9 Å². The van der Waals surface area contributed by atoms with Gasteiger partial charge >= 0.3 is 73.5 Å². The number of carbonyl (C=O) groups is 8. The van der Waals surface area contributed by atoms with Gasteiger partial charge in [-0.3, -0.25) is 48.2 Å². The molecule has 28 nitrogen and oxygen atoms in total. The highest BCUT2D eigenvalue weighted by atomic mass is 19.4. The Morgan fingerprint density at radius 3 is 0.796 bits per heavy atom. The highest BCUT2D eigenvalue weighted by molar-refractivity contribution is 5.78. The minimum Gasteiger partial charge on any atom is -0.489 e.